The molecule has 6 heteroatoms. The first-order chi connectivity index (χ1) is 9.99. The second-order valence-corrected chi connectivity index (χ2v) is 7.80. The van der Waals surface area contributed by atoms with E-state index in [0.717, 1.165) is 27.3 Å². The molecule has 1 aromatic carbocycles. The zero-order chi connectivity index (χ0) is 15.1. The minimum absolute atomic E-state index is 0.122. The molecule has 1 aliphatic heterocycles. The number of rotatable bonds is 2. The fourth-order valence-corrected chi connectivity index (χ4v) is 4.57. The summed E-state index contributed by atoms with van der Waals surface area (Å²) in [6.45, 7) is 0.572. The summed E-state index contributed by atoms with van der Waals surface area (Å²) >= 11 is 5.50. The zero-order valence-electron chi connectivity index (χ0n) is 11.3. The van der Waals surface area contributed by atoms with Gasteiger partial charge in [0, 0.05) is 14.6 Å². The van der Waals surface area contributed by atoms with E-state index in [9.17, 15) is 14.7 Å². The number of carboxylic acid groups (broad SMARTS) is 1. The molecule has 1 N–H and O–H groups in total. The molecule has 1 saturated carbocycles. The second kappa shape index (κ2) is 5.87. The van der Waals surface area contributed by atoms with Crippen LogP contribution in [-0.2, 0) is 4.79 Å². The van der Waals surface area contributed by atoms with Crippen molar-refractivity contribution in [2.45, 2.75) is 25.3 Å². The number of carbonyl (C=O) groups is 2. The molecule has 1 aliphatic carbocycles. The molecular formula is C15H15BrINO3. The Morgan fingerprint density at radius 1 is 1.33 bits per heavy atom. The van der Waals surface area contributed by atoms with Gasteiger partial charge in [0.15, 0.2) is 0 Å². The molecule has 1 aromatic rings. The van der Waals surface area contributed by atoms with Gasteiger partial charge in [0.25, 0.3) is 5.91 Å². The average Bonchev–Trinajstić information content (AvgIpc) is 3.00. The highest BCUT2D eigenvalue weighted by Gasteiger charge is 2.49. The van der Waals surface area contributed by atoms with Crippen molar-refractivity contribution in [3.8, 4) is 0 Å². The predicted molar refractivity (Wildman–Crippen MR) is 90.2 cm³/mol. The smallest absolute Gasteiger partial charge is 0.326 e. The molecule has 0 spiro atoms. The van der Waals surface area contributed by atoms with E-state index in [2.05, 4.69) is 38.5 Å². The van der Waals surface area contributed by atoms with Gasteiger partial charge >= 0.3 is 5.97 Å². The van der Waals surface area contributed by atoms with Gasteiger partial charge in [0.1, 0.15) is 6.04 Å². The van der Waals surface area contributed by atoms with Crippen LogP contribution < -0.4 is 0 Å². The summed E-state index contributed by atoms with van der Waals surface area (Å²) in [5.74, 6) is -0.568. The van der Waals surface area contributed by atoms with Crippen LogP contribution in [0.1, 0.15) is 29.6 Å². The maximum atomic E-state index is 12.8. The van der Waals surface area contributed by atoms with Gasteiger partial charge in [-0.2, -0.15) is 0 Å². The summed E-state index contributed by atoms with van der Waals surface area (Å²) in [5, 5.41) is 9.55. The highest BCUT2D eigenvalue weighted by Crippen LogP contribution is 2.43. The molecule has 2 aliphatic rings. The van der Waals surface area contributed by atoms with Gasteiger partial charge in [-0.3, -0.25) is 4.79 Å². The van der Waals surface area contributed by atoms with Crippen molar-refractivity contribution in [1.82, 2.24) is 4.90 Å². The lowest BCUT2D eigenvalue weighted by molar-refractivity contribution is -0.142. The number of fused-ring (bicyclic) bond motifs is 1. The van der Waals surface area contributed by atoms with Crippen molar-refractivity contribution in [2.24, 2.45) is 11.8 Å². The molecule has 3 unspecified atom stereocenters. The number of amides is 1. The van der Waals surface area contributed by atoms with Crippen molar-refractivity contribution in [1.29, 1.82) is 0 Å². The Hall–Kier alpha value is -0.630. The monoisotopic (exact) mass is 463 g/mol. The zero-order valence-corrected chi connectivity index (χ0v) is 15.0. The fraction of sp³-hybridized carbons (Fsp3) is 0.467. The first-order valence-electron chi connectivity index (χ1n) is 6.98. The molecule has 1 amide bonds. The first-order valence-corrected chi connectivity index (χ1v) is 8.85. The van der Waals surface area contributed by atoms with Crippen molar-refractivity contribution in [2.75, 3.05) is 6.54 Å². The van der Waals surface area contributed by atoms with Gasteiger partial charge in [0.2, 0.25) is 0 Å². The number of carbonyl (C=O) groups excluding carboxylic acids is 1. The Balaban J connectivity index is 1.93. The Kier molecular flexibility index (Phi) is 4.27. The van der Waals surface area contributed by atoms with Crippen LogP contribution in [0.15, 0.2) is 22.7 Å². The van der Waals surface area contributed by atoms with Crippen molar-refractivity contribution >= 4 is 50.4 Å². The number of aliphatic carboxylic acids is 1. The molecule has 112 valence electrons. The molecular weight excluding hydrogens is 449 g/mol. The van der Waals surface area contributed by atoms with Gasteiger partial charge in [-0.15, -0.1) is 0 Å². The van der Waals surface area contributed by atoms with Gasteiger partial charge < -0.3 is 10.0 Å². The Bertz CT molecular complexity index is 607. The quantitative estimate of drug-likeness (QED) is 0.684. The lowest BCUT2D eigenvalue weighted by atomic mass is 9.94. The standard InChI is InChI=1S/C15H15BrINO3/c16-9-4-5-12(17)11(6-9)14(19)18-7-8-2-1-3-10(8)13(18)15(20)21/h4-6,8,10,13H,1-3,7H2,(H,20,21). The minimum atomic E-state index is -0.872. The summed E-state index contributed by atoms with van der Waals surface area (Å²) in [5.41, 5.74) is 0.580. The first kappa shape index (κ1) is 15.3. The van der Waals surface area contributed by atoms with Crippen molar-refractivity contribution in [3.05, 3.63) is 31.8 Å². The second-order valence-electron chi connectivity index (χ2n) is 5.72. The van der Waals surface area contributed by atoms with Crippen LogP contribution in [0.5, 0.6) is 0 Å². The number of likely N-dealkylation sites (tertiary alicyclic amines) is 1. The van der Waals surface area contributed by atoms with Gasteiger partial charge in [-0.25, -0.2) is 4.79 Å². The van der Waals surface area contributed by atoms with Crippen LogP contribution in [0.2, 0.25) is 0 Å². The summed E-state index contributed by atoms with van der Waals surface area (Å²) in [7, 11) is 0. The Morgan fingerprint density at radius 3 is 2.81 bits per heavy atom. The van der Waals surface area contributed by atoms with Crippen LogP contribution in [0, 0.1) is 15.4 Å². The number of halogens is 2. The average molecular weight is 464 g/mol. The Labute approximate surface area is 145 Å². The van der Waals surface area contributed by atoms with E-state index in [1.54, 1.807) is 11.0 Å². The fourth-order valence-electron chi connectivity index (χ4n) is 3.65. The lowest BCUT2D eigenvalue weighted by Crippen LogP contribution is -2.43. The van der Waals surface area contributed by atoms with E-state index >= 15 is 0 Å². The molecule has 0 bridgehead atoms. The number of hydrogen-bond acceptors (Lipinski definition) is 2. The van der Waals surface area contributed by atoms with Gasteiger partial charge in [0.05, 0.1) is 5.56 Å². The van der Waals surface area contributed by atoms with Crippen LogP contribution >= 0.6 is 38.5 Å². The van der Waals surface area contributed by atoms with E-state index in [1.807, 2.05) is 12.1 Å². The molecule has 3 rings (SSSR count). The third-order valence-electron chi connectivity index (χ3n) is 4.56. The highest BCUT2D eigenvalue weighted by molar-refractivity contribution is 14.1. The van der Waals surface area contributed by atoms with E-state index < -0.39 is 12.0 Å². The van der Waals surface area contributed by atoms with Crippen molar-refractivity contribution < 1.29 is 14.7 Å². The number of nitrogens with zero attached hydrogens (tertiary/aromatic N) is 1. The maximum absolute atomic E-state index is 12.8. The van der Waals surface area contributed by atoms with E-state index in [0.29, 0.717) is 18.0 Å². The summed E-state index contributed by atoms with van der Waals surface area (Å²) in [4.78, 5) is 26.0. The normalized spacial score (nSPS) is 27.7. The molecule has 1 heterocycles. The molecule has 1 saturated heterocycles. The van der Waals surface area contributed by atoms with Gasteiger partial charge in [-0.05, 0) is 65.5 Å². The SMILES string of the molecule is O=C(O)C1C2CCCC2CN1C(=O)c1cc(Br)ccc1I. The molecule has 3 atom stereocenters. The third kappa shape index (κ3) is 2.72. The topological polar surface area (TPSA) is 57.6 Å². The molecule has 2 fully saturated rings. The van der Waals surface area contributed by atoms with Crippen LogP contribution in [-0.4, -0.2) is 34.5 Å². The highest BCUT2D eigenvalue weighted by atomic mass is 127. The van der Waals surface area contributed by atoms with Crippen LogP contribution in [0.3, 0.4) is 0 Å². The minimum Gasteiger partial charge on any atom is -0.480 e. The number of carboxylic acids is 1. The molecule has 4 nitrogen and oxygen atoms in total. The summed E-state index contributed by atoms with van der Waals surface area (Å²) < 4.78 is 1.68. The lowest BCUT2D eigenvalue weighted by Gasteiger charge is -2.25. The maximum Gasteiger partial charge on any atom is 0.326 e. The third-order valence-corrected chi connectivity index (χ3v) is 6.00. The van der Waals surface area contributed by atoms with Gasteiger partial charge in [-0.1, -0.05) is 22.4 Å². The summed E-state index contributed by atoms with van der Waals surface area (Å²) in [6.07, 6.45) is 3.03. The number of hydrogen-bond donors (Lipinski definition) is 1. The van der Waals surface area contributed by atoms with E-state index in [1.165, 1.54) is 0 Å². The molecule has 0 radical (unpaired) electrons. The number of benzene rings is 1. The van der Waals surface area contributed by atoms with Crippen LogP contribution in [0.25, 0.3) is 0 Å². The largest absolute Gasteiger partial charge is 0.480 e. The van der Waals surface area contributed by atoms with Crippen molar-refractivity contribution in [3.63, 3.8) is 0 Å². The van der Waals surface area contributed by atoms with E-state index in [-0.39, 0.29) is 11.8 Å². The summed E-state index contributed by atoms with van der Waals surface area (Å²) in [6, 6.07) is 4.85. The molecule has 0 aromatic heterocycles. The predicted octanol–water partition coefficient (Wildman–Crippen LogP) is 3.38. The van der Waals surface area contributed by atoms with Crippen LogP contribution in [0.4, 0.5) is 0 Å². The molecule has 21 heavy (non-hydrogen) atoms. The Morgan fingerprint density at radius 2 is 2.10 bits per heavy atom. The van der Waals surface area contributed by atoms with E-state index in [4.69, 9.17) is 0 Å².